The fourth-order valence-corrected chi connectivity index (χ4v) is 1.83. The minimum atomic E-state index is 0.879. The van der Waals surface area contributed by atoms with Crippen LogP contribution in [0.25, 0.3) is 12.2 Å². The Morgan fingerprint density at radius 1 is 0.889 bits per heavy atom. The van der Waals surface area contributed by atoms with Crippen molar-refractivity contribution in [2.45, 2.75) is 0 Å². The summed E-state index contributed by atoms with van der Waals surface area (Å²) in [6.45, 7) is 0. The summed E-state index contributed by atoms with van der Waals surface area (Å²) in [5.41, 5.74) is 3.26. The van der Waals surface area contributed by atoms with Crippen molar-refractivity contribution in [2.75, 3.05) is 7.11 Å². The lowest BCUT2D eigenvalue weighted by molar-refractivity contribution is 0.414. The summed E-state index contributed by atoms with van der Waals surface area (Å²) < 4.78 is 5.30. The zero-order chi connectivity index (χ0) is 12.8. The van der Waals surface area contributed by atoms with Crippen molar-refractivity contribution in [3.8, 4) is 5.75 Å². The molecule has 0 aliphatic rings. The summed E-state index contributed by atoms with van der Waals surface area (Å²) in [7, 11) is 1.68. The number of thiocarbonyl (C=S) groups is 1. The van der Waals surface area contributed by atoms with Crippen LogP contribution in [0.15, 0.2) is 48.5 Å². The Kier molecular flexibility index (Phi) is 4.26. The Bertz CT molecular complexity index is 556. The Balaban J connectivity index is 2.21. The van der Waals surface area contributed by atoms with Crippen LogP contribution in [-0.2, 0) is 0 Å². The number of hydrogen-bond acceptors (Lipinski definition) is 2. The third-order valence-corrected chi connectivity index (χ3v) is 2.94. The molecule has 0 spiro atoms. The molecule has 2 aromatic rings. The van der Waals surface area contributed by atoms with E-state index >= 15 is 0 Å². The second-order valence-corrected chi connectivity index (χ2v) is 4.10. The number of rotatable bonds is 4. The van der Waals surface area contributed by atoms with Crippen LogP contribution in [0.1, 0.15) is 16.7 Å². The third kappa shape index (κ3) is 3.05. The number of hydrogen-bond donors (Lipinski definition) is 0. The van der Waals surface area contributed by atoms with Gasteiger partial charge in [0.2, 0.25) is 0 Å². The lowest BCUT2D eigenvalue weighted by atomic mass is 10.1. The highest BCUT2D eigenvalue weighted by Crippen LogP contribution is 2.20. The van der Waals surface area contributed by atoms with Crippen molar-refractivity contribution in [1.29, 1.82) is 0 Å². The predicted molar refractivity (Wildman–Crippen MR) is 81.1 cm³/mol. The summed E-state index contributed by atoms with van der Waals surface area (Å²) in [6, 6.07) is 16.1. The molecule has 0 unspecified atom stereocenters. The Hall–Kier alpha value is -1.93. The second kappa shape index (κ2) is 6.12. The summed E-state index contributed by atoms with van der Waals surface area (Å²) in [6.07, 6.45) is 4.11. The van der Waals surface area contributed by atoms with E-state index in [-0.39, 0.29) is 0 Å². The fourth-order valence-electron chi connectivity index (χ4n) is 1.68. The molecule has 0 saturated carbocycles. The van der Waals surface area contributed by atoms with Crippen molar-refractivity contribution >= 4 is 29.7 Å². The average molecular weight is 254 g/mol. The topological polar surface area (TPSA) is 9.23 Å². The van der Waals surface area contributed by atoms with Crippen LogP contribution < -0.4 is 4.74 Å². The number of para-hydroxylation sites is 1. The van der Waals surface area contributed by atoms with Crippen molar-refractivity contribution < 1.29 is 4.74 Å². The molecule has 0 fully saturated rings. The van der Waals surface area contributed by atoms with E-state index in [4.69, 9.17) is 17.0 Å². The van der Waals surface area contributed by atoms with Gasteiger partial charge in [-0.05, 0) is 17.2 Å². The number of methoxy groups -OCH3 is 1. The first kappa shape index (κ1) is 12.5. The molecular formula is C16H14OS. The van der Waals surface area contributed by atoms with Gasteiger partial charge >= 0.3 is 0 Å². The summed E-state index contributed by atoms with van der Waals surface area (Å²) in [5.74, 6) is 0.879. The molecule has 0 heterocycles. The highest BCUT2D eigenvalue weighted by Gasteiger charge is 1.96. The van der Waals surface area contributed by atoms with Gasteiger partial charge in [-0.2, -0.15) is 0 Å². The molecule has 0 bridgehead atoms. The zero-order valence-corrected chi connectivity index (χ0v) is 11.0. The molecule has 0 aliphatic carbocycles. The van der Waals surface area contributed by atoms with Gasteiger partial charge in [-0.3, -0.25) is 0 Å². The van der Waals surface area contributed by atoms with Gasteiger partial charge in [-0.1, -0.05) is 66.8 Å². The van der Waals surface area contributed by atoms with Crippen molar-refractivity contribution in [1.82, 2.24) is 0 Å². The maximum Gasteiger partial charge on any atom is 0.126 e. The fraction of sp³-hybridized carbons (Fsp3) is 0.0625. The molecule has 2 heteroatoms. The van der Waals surface area contributed by atoms with E-state index in [2.05, 4.69) is 6.08 Å². The standard InChI is InChI=1S/C16H14OS/c1-17-16-5-3-2-4-15(16)11-10-13-6-8-14(12-18)9-7-13/h2-12H,1H3. The number of ether oxygens (including phenoxy) is 1. The predicted octanol–water partition coefficient (Wildman–Crippen LogP) is 4.21. The quantitative estimate of drug-likeness (QED) is 0.597. The van der Waals surface area contributed by atoms with E-state index in [1.807, 2.05) is 54.6 Å². The van der Waals surface area contributed by atoms with Crippen molar-refractivity contribution in [3.63, 3.8) is 0 Å². The highest BCUT2D eigenvalue weighted by molar-refractivity contribution is 7.79. The van der Waals surface area contributed by atoms with Gasteiger partial charge in [0.05, 0.1) is 7.11 Å². The van der Waals surface area contributed by atoms with E-state index in [1.54, 1.807) is 12.5 Å². The molecule has 0 radical (unpaired) electrons. The number of benzene rings is 2. The van der Waals surface area contributed by atoms with E-state index < -0.39 is 0 Å². The smallest absolute Gasteiger partial charge is 0.126 e. The molecule has 18 heavy (non-hydrogen) atoms. The van der Waals surface area contributed by atoms with E-state index in [0.29, 0.717) is 0 Å². The summed E-state index contributed by atoms with van der Waals surface area (Å²) in [5, 5.41) is 1.67. The monoisotopic (exact) mass is 254 g/mol. The molecule has 90 valence electrons. The van der Waals surface area contributed by atoms with Gasteiger partial charge in [0.15, 0.2) is 0 Å². The minimum Gasteiger partial charge on any atom is -0.496 e. The summed E-state index contributed by atoms with van der Waals surface area (Å²) in [4.78, 5) is 0. The normalized spacial score (nSPS) is 10.5. The van der Waals surface area contributed by atoms with Gasteiger partial charge in [0.1, 0.15) is 5.75 Å². The summed E-state index contributed by atoms with van der Waals surface area (Å²) >= 11 is 4.88. The van der Waals surface area contributed by atoms with Gasteiger partial charge in [-0.15, -0.1) is 0 Å². The van der Waals surface area contributed by atoms with Gasteiger partial charge in [0, 0.05) is 10.9 Å². The average Bonchev–Trinajstić information content (AvgIpc) is 2.46. The molecule has 0 aromatic heterocycles. The van der Waals surface area contributed by atoms with Crippen LogP contribution in [0.3, 0.4) is 0 Å². The lowest BCUT2D eigenvalue weighted by Gasteiger charge is -2.03. The maximum atomic E-state index is 5.30. The molecule has 0 amide bonds. The molecule has 0 N–H and O–H groups in total. The third-order valence-electron chi connectivity index (χ3n) is 2.67. The largest absolute Gasteiger partial charge is 0.496 e. The molecule has 2 rings (SSSR count). The minimum absolute atomic E-state index is 0.879. The Labute approximate surface area is 113 Å². The van der Waals surface area contributed by atoms with Crippen molar-refractivity contribution in [2.24, 2.45) is 0 Å². The van der Waals surface area contributed by atoms with Crippen LogP contribution >= 0.6 is 12.2 Å². The SMILES string of the molecule is COc1ccccc1C=Cc1ccc(C=S)cc1. The van der Waals surface area contributed by atoms with Crippen LogP contribution in [0.2, 0.25) is 0 Å². The first-order valence-electron chi connectivity index (χ1n) is 5.70. The second-order valence-electron chi connectivity index (χ2n) is 3.86. The van der Waals surface area contributed by atoms with Gasteiger partial charge in [0.25, 0.3) is 0 Å². The Morgan fingerprint density at radius 3 is 2.22 bits per heavy atom. The van der Waals surface area contributed by atoms with Gasteiger partial charge < -0.3 is 4.74 Å². The van der Waals surface area contributed by atoms with Crippen LogP contribution in [0.5, 0.6) is 5.75 Å². The van der Waals surface area contributed by atoms with Crippen LogP contribution in [0, 0.1) is 0 Å². The first-order chi connectivity index (χ1) is 8.83. The van der Waals surface area contributed by atoms with Gasteiger partial charge in [-0.25, -0.2) is 0 Å². The van der Waals surface area contributed by atoms with E-state index in [0.717, 1.165) is 22.4 Å². The van der Waals surface area contributed by atoms with Crippen LogP contribution in [0.4, 0.5) is 0 Å². The molecule has 0 saturated heterocycles. The molecule has 1 nitrogen and oxygen atoms in total. The highest BCUT2D eigenvalue weighted by atomic mass is 32.1. The Morgan fingerprint density at radius 2 is 1.56 bits per heavy atom. The zero-order valence-electron chi connectivity index (χ0n) is 10.2. The molecular weight excluding hydrogens is 240 g/mol. The lowest BCUT2D eigenvalue weighted by Crippen LogP contribution is -1.85. The van der Waals surface area contributed by atoms with E-state index in [1.165, 1.54) is 0 Å². The van der Waals surface area contributed by atoms with Crippen molar-refractivity contribution in [3.05, 3.63) is 65.2 Å². The van der Waals surface area contributed by atoms with Crippen LogP contribution in [-0.4, -0.2) is 12.5 Å². The first-order valence-corrected chi connectivity index (χ1v) is 6.17. The molecule has 0 atom stereocenters. The maximum absolute atomic E-state index is 5.30. The molecule has 0 aliphatic heterocycles. The molecule has 2 aromatic carbocycles. The van der Waals surface area contributed by atoms with E-state index in [9.17, 15) is 0 Å².